The zero-order chi connectivity index (χ0) is 18.1. The van der Waals surface area contributed by atoms with Gasteiger partial charge in [-0.3, -0.25) is 4.79 Å². The van der Waals surface area contributed by atoms with Gasteiger partial charge in [0.2, 0.25) is 0 Å². The lowest BCUT2D eigenvalue weighted by Gasteiger charge is -2.26. The Morgan fingerprint density at radius 1 is 1.23 bits per heavy atom. The normalized spacial score (nSPS) is 13.5. The summed E-state index contributed by atoms with van der Waals surface area (Å²) >= 11 is 1.57. The number of carbonyl (C=O) groups is 1. The summed E-state index contributed by atoms with van der Waals surface area (Å²) in [5.41, 5.74) is 3.32. The van der Waals surface area contributed by atoms with E-state index in [0.29, 0.717) is 30.9 Å². The fraction of sp³-hybridized carbons (Fsp3) is 0.200. The molecule has 1 N–H and O–H groups in total. The van der Waals surface area contributed by atoms with Crippen LogP contribution in [-0.4, -0.2) is 33.6 Å². The van der Waals surface area contributed by atoms with Gasteiger partial charge in [0.05, 0.1) is 23.5 Å². The van der Waals surface area contributed by atoms with Crippen LogP contribution in [0.5, 0.6) is 0 Å². The number of imidazole rings is 1. The van der Waals surface area contributed by atoms with Crippen LogP contribution in [0.4, 0.5) is 4.39 Å². The molecule has 0 aliphatic carbocycles. The van der Waals surface area contributed by atoms with E-state index in [0.717, 1.165) is 21.8 Å². The molecule has 0 saturated carbocycles. The second-order valence-electron chi connectivity index (χ2n) is 6.20. The number of nitrogens with zero attached hydrogens (tertiary/aromatic N) is 2. The first-order chi connectivity index (χ1) is 12.7. The highest BCUT2D eigenvalue weighted by atomic mass is 32.2. The average molecular weight is 367 g/mol. The van der Waals surface area contributed by atoms with Crippen molar-refractivity contribution in [1.82, 2.24) is 14.9 Å². The van der Waals surface area contributed by atoms with Crippen molar-refractivity contribution in [1.29, 1.82) is 0 Å². The van der Waals surface area contributed by atoms with Gasteiger partial charge < -0.3 is 9.88 Å². The Kier molecular flexibility index (Phi) is 4.51. The number of H-pyrrole nitrogens is 1. The van der Waals surface area contributed by atoms with Gasteiger partial charge in [0.15, 0.2) is 0 Å². The summed E-state index contributed by atoms with van der Waals surface area (Å²) < 4.78 is 13.5. The van der Waals surface area contributed by atoms with E-state index < -0.39 is 0 Å². The van der Waals surface area contributed by atoms with Gasteiger partial charge in [-0.25, -0.2) is 9.37 Å². The van der Waals surface area contributed by atoms with Gasteiger partial charge in [-0.1, -0.05) is 24.3 Å². The van der Waals surface area contributed by atoms with Gasteiger partial charge in [-0.2, -0.15) is 0 Å². The Morgan fingerprint density at radius 2 is 2.08 bits per heavy atom. The van der Waals surface area contributed by atoms with Crippen LogP contribution in [0.25, 0.3) is 11.4 Å². The number of amides is 1. The van der Waals surface area contributed by atoms with Crippen LogP contribution in [-0.2, 0) is 13.0 Å². The van der Waals surface area contributed by atoms with Gasteiger partial charge in [-0.05, 0) is 30.5 Å². The second kappa shape index (κ2) is 6.96. The highest BCUT2D eigenvalue weighted by Gasteiger charge is 2.26. The molecule has 26 heavy (non-hydrogen) atoms. The van der Waals surface area contributed by atoms with E-state index in [9.17, 15) is 9.18 Å². The summed E-state index contributed by atoms with van der Waals surface area (Å²) in [6, 6.07) is 14.0. The smallest absolute Gasteiger partial charge is 0.255 e. The standard InChI is InChI=1S/C20H18FN3OS/c1-26-18-8-3-2-7-15(18)20(25)24-10-9-16-17(12-24)23-19(22-16)13-5-4-6-14(21)11-13/h2-8,11H,9-10,12H2,1H3,(H,22,23). The molecule has 1 aromatic heterocycles. The molecule has 6 heteroatoms. The SMILES string of the molecule is CSc1ccccc1C(=O)N1CCc2nc(-c3cccc(F)c3)[nH]c2C1. The number of thioether (sulfide) groups is 1. The number of benzene rings is 2. The maximum Gasteiger partial charge on any atom is 0.255 e. The van der Waals surface area contributed by atoms with Gasteiger partial charge in [0.1, 0.15) is 11.6 Å². The molecule has 2 aromatic carbocycles. The van der Waals surface area contributed by atoms with Crippen molar-refractivity contribution in [3.8, 4) is 11.4 Å². The molecule has 0 radical (unpaired) electrons. The molecule has 0 atom stereocenters. The number of hydrogen-bond acceptors (Lipinski definition) is 3. The molecule has 1 amide bonds. The molecule has 4 rings (SSSR count). The predicted molar refractivity (Wildman–Crippen MR) is 101 cm³/mol. The molecule has 0 bridgehead atoms. The molecule has 0 fully saturated rings. The monoisotopic (exact) mass is 367 g/mol. The third kappa shape index (κ3) is 3.12. The topological polar surface area (TPSA) is 49.0 Å². The summed E-state index contributed by atoms with van der Waals surface area (Å²) in [7, 11) is 0. The third-order valence-electron chi connectivity index (χ3n) is 4.55. The molecule has 4 nitrogen and oxygen atoms in total. The highest BCUT2D eigenvalue weighted by Crippen LogP contribution is 2.26. The maximum atomic E-state index is 13.5. The minimum Gasteiger partial charge on any atom is -0.340 e. The molecular weight excluding hydrogens is 349 g/mol. The van der Waals surface area contributed by atoms with Crippen LogP contribution in [0.2, 0.25) is 0 Å². The number of nitrogens with one attached hydrogen (secondary N) is 1. The summed E-state index contributed by atoms with van der Waals surface area (Å²) in [4.78, 5) is 23.6. The van der Waals surface area contributed by atoms with E-state index in [1.807, 2.05) is 41.5 Å². The molecule has 1 aliphatic heterocycles. The number of aromatic amines is 1. The zero-order valence-corrected chi connectivity index (χ0v) is 15.1. The Hall–Kier alpha value is -2.60. The van der Waals surface area contributed by atoms with Gasteiger partial charge in [0, 0.05) is 23.4 Å². The van der Waals surface area contributed by atoms with Crippen LogP contribution in [0, 0.1) is 5.82 Å². The van der Waals surface area contributed by atoms with E-state index in [1.54, 1.807) is 17.8 Å². The van der Waals surface area contributed by atoms with Gasteiger partial charge >= 0.3 is 0 Å². The van der Waals surface area contributed by atoms with Crippen molar-refractivity contribution < 1.29 is 9.18 Å². The quantitative estimate of drug-likeness (QED) is 0.708. The van der Waals surface area contributed by atoms with Crippen LogP contribution in [0.15, 0.2) is 53.4 Å². The number of fused-ring (bicyclic) bond motifs is 1. The minimum atomic E-state index is -0.289. The Morgan fingerprint density at radius 3 is 2.88 bits per heavy atom. The second-order valence-corrected chi connectivity index (χ2v) is 7.05. The fourth-order valence-electron chi connectivity index (χ4n) is 3.23. The predicted octanol–water partition coefficient (Wildman–Crippen LogP) is 4.14. The Bertz CT molecular complexity index is 969. The first-order valence-electron chi connectivity index (χ1n) is 8.41. The van der Waals surface area contributed by atoms with Crippen molar-refractivity contribution in [2.75, 3.05) is 12.8 Å². The van der Waals surface area contributed by atoms with Gasteiger partial charge in [0.25, 0.3) is 5.91 Å². The van der Waals surface area contributed by atoms with E-state index in [1.165, 1.54) is 12.1 Å². The third-order valence-corrected chi connectivity index (χ3v) is 5.35. The lowest BCUT2D eigenvalue weighted by atomic mass is 10.1. The number of carbonyl (C=O) groups excluding carboxylic acids is 1. The van der Waals surface area contributed by atoms with Gasteiger partial charge in [-0.15, -0.1) is 11.8 Å². The lowest BCUT2D eigenvalue weighted by Crippen LogP contribution is -2.36. The number of rotatable bonds is 3. The first kappa shape index (κ1) is 16.8. The molecule has 0 unspecified atom stereocenters. The molecule has 0 saturated heterocycles. The van der Waals surface area contributed by atoms with Crippen molar-refractivity contribution in [2.45, 2.75) is 17.9 Å². The molecule has 3 aromatic rings. The Labute approximate surface area is 155 Å². The van der Waals surface area contributed by atoms with Crippen molar-refractivity contribution in [3.63, 3.8) is 0 Å². The van der Waals surface area contributed by atoms with E-state index >= 15 is 0 Å². The Balaban J connectivity index is 1.59. The largest absolute Gasteiger partial charge is 0.340 e. The molecule has 2 heterocycles. The van der Waals surface area contributed by atoms with E-state index in [-0.39, 0.29) is 11.7 Å². The highest BCUT2D eigenvalue weighted by molar-refractivity contribution is 7.98. The summed E-state index contributed by atoms with van der Waals surface area (Å²) in [6.07, 6.45) is 2.66. The van der Waals surface area contributed by atoms with Crippen molar-refractivity contribution in [3.05, 3.63) is 71.3 Å². The van der Waals surface area contributed by atoms with Crippen LogP contribution in [0.1, 0.15) is 21.7 Å². The summed E-state index contributed by atoms with van der Waals surface area (Å²) in [6.45, 7) is 1.11. The van der Waals surface area contributed by atoms with Crippen LogP contribution >= 0.6 is 11.8 Å². The maximum absolute atomic E-state index is 13.5. The van der Waals surface area contributed by atoms with Crippen LogP contribution < -0.4 is 0 Å². The zero-order valence-electron chi connectivity index (χ0n) is 14.3. The fourth-order valence-corrected chi connectivity index (χ4v) is 3.82. The first-order valence-corrected chi connectivity index (χ1v) is 9.64. The lowest BCUT2D eigenvalue weighted by molar-refractivity contribution is 0.0728. The van der Waals surface area contributed by atoms with Crippen molar-refractivity contribution >= 4 is 17.7 Å². The molecule has 0 spiro atoms. The van der Waals surface area contributed by atoms with Crippen molar-refractivity contribution in [2.24, 2.45) is 0 Å². The number of aromatic nitrogens is 2. The number of hydrogen-bond donors (Lipinski definition) is 1. The van der Waals surface area contributed by atoms with E-state index in [4.69, 9.17) is 0 Å². The van der Waals surface area contributed by atoms with E-state index in [2.05, 4.69) is 9.97 Å². The average Bonchev–Trinajstić information content (AvgIpc) is 3.10. The molecule has 1 aliphatic rings. The molecular formula is C20H18FN3OS. The molecule has 132 valence electrons. The number of halogens is 1. The van der Waals surface area contributed by atoms with Crippen LogP contribution in [0.3, 0.4) is 0 Å². The summed E-state index contributed by atoms with van der Waals surface area (Å²) in [5.74, 6) is 0.387. The summed E-state index contributed by atoms with van der Waals surface area (Å²) in [5, 5.41) is 0. The minimum absolute atomic E-state index is 0.0301.